The van der Waals surface area contributed by atoms with Crippen LogP contribution in [0.2, 0.25) is 0 Å². The maximum Gasteiger partial charge on any atom is 0.358 e. The first-order valence-corrected chi connectivity index (χ1v) is 8.22. The van der Waals surface area contributed by atoms with Gasteiger partial charge in [0.25, 0.3) is 0 Å². The molecule has 0 aliphatic carbocycles. The van der Waals surface area contributed by atoms with E-state index in [0.717, 1.165) is 0 Å². The average molecular weight is 337 g/mol. The minimum absolute atomic E-state index is 0.383. The Kier molecular flexibility index (Phi) is 4.52. The number of aromatic nitrogens is 1. The van der Waals surface area contributed by atoms with Gasteiger partial charge < -0.3 is 4.90 Å². The number of nitrogens with zero attached hydrogens (tertiary/aromatic N) is 3. The number of pyridine rings is 1. The highest BCUT2D eigenvalue weighted by atomic mass is 16.6. The summed E-state index contributed by atoms with van der Waals surface area (Å²) in [6.07, 6.45) is 0. The summed E-state index contributed by atoms with van der Waals surface area (Å²) in [4.78, 5) is 26.1. The van der Waals surface area contributed by atoms with Gasteiger partial charge in [-0.3, -0.25) is 19.5 Å². The van der Waals surface area contributed by atoms with Crippen LogP contribution in [0.15, 0.2) is 59.4 Å². The summed E-state index contributed by atoms with van der Waals surface area (Å²) in [5, 5.41) is 12.5. The van der Waals surface area contributed by atoms with Crippen LogP contribution in [0.25, 0.3) is 16.6 Å². The molecule has 3 aromatic rings. The highest BCUT2D eigenvalue weighted by Crippen LogP contribution is 2.34. The monoisotopic (exact) mass is 337 g/mol. The predicted molar refractivity (Wildman–Crippen MR) is 99.8 cm³/mol. The van der Waals surface area contributed by atoms with Gasteiger partial charge in [-0.2, -0.15) is 0 Å². The van der Waals surface area contributed by atoms with Crippen LogP contribution in [-0.2, 0) is 0 Å². The van der Waals surface area contributed by atoms with E-state index in [9.17, 15) is 14.9 Å². The Bertz CT molecular complexity index is 976. The van der Waals surface area contributed by atoms with Crippen molar-refractivity contribution < 1.29 is 4.92 Å². The fourth-order valence-corrected chi connectivity index (χ4v) is 3.17. The van der Waals surface area contributed by atoms with Gasteiger partial charge in [0.15, 0.2) is 0 Å². The average Bonchev–Trinajstić information content (AvgIpc) is 2.63. The highest BCUT2D eigenvalue weighted by molar-refractivity contribution is 5.97. The lowest BCUT2D eigenvalue weighted by atomic mass is 10.1. The molecule has 6 nitrogen and oxygen atoms in total. The lowest BCUT2D eigenvalue weighted by molar-refractivity contribution is -0.385. The van der Waals surface area contributed by atoms with Crippen LogP contribution in [0.4, 0.5) is 11.4 Å². The number of hydrogen-bond donors (Lipinski definition) is 0. The largest absolute Gasteiger partial charge is 0.366 e. The van der Waals surface area contributed by atoms with Crippen LogP contribution in [0.5, 0.6) is 0 Å². The summed E-state index contributed by atoms with van der Waals surface area (Å²) < 4.78 is 1.42. The molecule has 3 rings (SSSR count). The molecule has 0 spiro atoms. The van der Waals surface area contributed by atoms with Gasteiger partial charge in [0.2, 0.25) is 0 Å². The Labute approximate surface area is 145 Å². The molecule has 0 radical (unpaired) electrons. The second-order valence-corrected chi connectivity index (χ2v) is 5.62. The molecule has 1 heterocycles. The molecule has 0 saturated carbocycles. The molecule has 1 aromatic heterocycles. The van der Waals surface area contributed by atoms with Crippen LogP contribution in [0, 0.1) is 10.1 Å². The van der Waals surface area contributed by atoms with Gasteiger partial charge >= 0.3 is 11.2 Å². The molecular formula is C19H19N3O3. The third-order valence-electron chi connectivity index (χ3n) is 4.31. The Hall–Kier alpha value is -3.15. The first-order valence-electron chi connectivity index (χ1n) is 8.22. The molecule has 2 aromatic carbocycles. The van der Waals surface area contributed by atoms with E-state index in [0.29, 0.717) is 35.4 Å². The number of benzene rings is 2. The SMILES string of the molecule is CCN(CC)c1c([N+](=O)[O-])c(=O)n(-c2ccccc2)c2ccccc12. The summed E-state index contributed by atoms with van der Waals surface area (Å²) in [5.74, 6) is 0. The second kappa shape index (κ2) is 6.76. The van der Waals surface area contributed by atoms with Crippen molar-refractivity contribution in [2.24, 2.45) is 0 Å². The van der Waals surface area contributed by atoms with E-state index in [1.807, 2.05) is 49.1 Å². The van der Waals surface area contributed by atoms with E-state index in [1.165, 1.54) is 4.57 Å². The third-order valence-corrected chi connectivity index (χ3v) is 4.31. The van der Waals surface area contributed by atoms with Gasteiger partial charge in [-0.25, -0.2) is 0 Å². The minimum atomic E-state index is -0.614. The van der Waals surface area contributed by atoms with Crippen LogP contribution in [0.3, 0.4) is 0 Å². The van der Waals surface area contributed by atoms with Gasteiger partial charge in [0.1, 0.15) is 5.69 Å². The predicted octanol–water partition coefficient (Wildman–Crippen LogP) is 3.75. The van der Waals surface area contributed by atoms with E-state index in [2.05, 4.69) is 0 Å². The third kappa shape index (κ3) is 2.76. The van der Waals surface area contributed by atoms with Gasteiger partial charge in [-0.1, -0.05) is 36.4 Å². The number of fused-ring (bicyclic) bond motifs is 1. The molecule has 25 heavy (non-hydrogen) atoms. The van der Waals surface area contributed by atoms with Crippen molar-refractivity contribution in [3.8, 4) is 5.69 Å². The molecule has 6 heteroatoms. The molecular weight excluding hydrogens is 318 g/mol. The Balaban J connectivity index is 2.53. The Morgan fingerprint density at radius 1 is 1.00 bits per heavy atom. The van der Waals surface area contributed by atoms with Crippen molar-refractivity contribution in [1.82, 2.24) is 4.57 Å². The number of nitro groups is 1. The van der Waals surface area contributed by atoms with Crippen LogP contribution in [0.1, 0.15) is 13.8 Å². The molecule has 0 aliphatic heterocycles. The number of rotatable bonds is 5. The van der Waals surface area contributed by atoms with E-state index in [1.54, 1.807) is 24.3 Å². The molecule has 0 fully saturated rings. The van der Waals surface area contributed by atoms with Crippen LogP contribution in [-0.4, -0.2) is 22.6 Å². The molecule has 0 N–H and O–H groups in total. The number of anilines is 1. The summed E-state index contributed by atoms with van der Waals surface area (Å²) >= 11 is 0. The Morgan fingerprint density at radius 2 is 1.60 bits per heavy atom. The standard InChI is InChI=1S/C19H19N3O3/c1-3-20(4-2)17-15-12-8-9-13-16(15)21(14-10-6-5-7-11-14)19(23)18(17)22(24)25/h5-13H,3-4H2,1-2H3. The molecule has 128 valence electrons. The molecule has 0 unspecified atom stereocenters. The van der Waals surface area contributed by atoms with Crippen molar-refractivity contribution in [2.75, 3.05) is 18.0 Å². The second-order valence-electron chi connectivity index (χ2n) is 5.62. The van der Waals surface area contributed by atoms with E-state index in [4.69, 9.17) is 0 Å². The van der Waals surface area contributed by atoms with Gasteiger partial charge in [0, 0.05) is 24.2 Å². The minimum Gasteiger partial charge on any atom is -0.366 e. The van der Waals surface area contributed by atoms with Crippen molar-refractivity contribution in [3.63, 3.8) is 0 Å². The molecule has 0 aliphatic rings. The molecule has 0 saturated heterocycles. The zero-order valence-electron chi connectivity index (χ0n) is 14.2. The smallest absolute Gasteiger partial charge is 0.358 e. The zero-order valence-corrected chi connectivity index (χ0v) is 14.2. The fourth-order valence-electron chi connectivity index (χ4n) is 3.17. The van der Waals surface area contributed by atoms with Crippen molar-refractivity contribution in [3.05, 3.63) is 75.1 Å². The summed E-state index contributed by atoms with van der Waals surface area (Å²) in [7, 11) is 0. The molecule has 0 amide bonds. The maximum absolute atomic E-state index is 13.1. The van der Waals surface area contributed by atoms with Crippen molar-refractivity contribution in [1.29, 1.82) is 0 Å². The van der Waals surface area contributed by atoms with Gasteiger partial charge in [-0.05, 0) is 32.0 Å². The number of para-hydroxylation sites is 2. The normalized spacial score (nSPS) is 10.8. The van der Waals surface area contributed by atoms with Gasteiger partial charge in [-0.15, -0.1) is 0 Å². The molecule has 0 atom stereocenters. The first kappa shape index (κ1) is 16.7. The van der Waals surface area contributed by atoms with E-state index < -0.39 is 10.5 Å². The van der Waals surface area contributed by atoms with E-state index >= 15 is 0 Å². The topological polar surface area (TPSA) is 68.4 Å². The lowest BCUT2D eigenvalue weighted by Gasteiger charge is -2.23. The highest BCUT2D eigenvalue weighted by Gasteiger charge is 2.28. The first-order chi connectivity index (χ1) is 12.1. The zero-order chi connectivity index (χ0) is 18.0. The fraction of sp³-hybridized carbons (Fsp3) is 0.211. The van der Waals surface area contributed by atoms with Gasteiger partial charge in [0.05, 0.1) is 10.4 Å². The number of hydrogen-bond acceptors (Lipinski definition) is 4. The van der Waals surface area contributed by atoms with Crippen molar-refractivity contribution in [2.45, 2.75) is 13.8 Å². The molecule has 0 bridgehead atoms. The quantitative estimate of drug-likeness (QED) is 0.525. The van der Waals surface area contributed by atoms with Crippen LogP contribution < -0.4 is 10.5 Å². The summed E-state index contributed by atoms with van der Waals surface area (Å²) in [6, 6.07) is 16.3. The maximum atomic E-state index is 13.1. The van der Waals surface area contributed by atoms with Crippen molar-refractivity contribution >= 4 is 22.3 Å². The van der Waals surface area contributed by atoms with E-state index in [-0.39, 0.29) is 5.69 Å². The lowest BCUT2D eigenvalue weighted by Crippen LogP contribution is -2.29. The summed E-state index contributed by atoms with van der Waals surface area (Å²) in [5.41, 5.74) is 0.662. The summed E-state index contributed by atoms with van der Waals surface area (Å²) in [6.45, 7) is 5.00. The van der Waals surface area contributed by atoms with Crippen LogP contribution >= 0.6 is 0 Å². The Morgan fingerprint density at radius 3 is 2.20 bits per heavy atom.